The molecule has 1 aliphatic carbocycles. The number of carbonyl (C=O) groups excluding carboxylic acids is 2. The Hall–Kier alpha value is -1.32. The number of rotatable bonds is 0. The average molecular weight is 210 g/mol. The zero-order chi connectivity index (χ0) is 10.8. The zero-order valence-corrected chi connectivity index (χ0v) is 8.75. The lowest BCUT2D eigenvalue weighted by molar-refractivity contribution is -0.142. The van der Waals surface area contributed by atoms with Crippen LogP contribution >= 0.6 is 0 Å². The number of ether oxygens (including phenoxy) is 2. The maximum absolute atomic E-state index is 11.6. The molecule has 4 nitrogen and oxygen atoms in total. The van der Waals surface area contributed by atoms with Crippen LogP contribution in [0, 0.1) is 5.92 Å². The summed E-state index contributed by atoms with van der Waals surface area (Å²) in [5, 5.41) is 0. The number of esters is 1. The Morgan fingerprint density at radius 1 is 1.27 bits per heavy atom. The molecular formula is C11H14O4. The van der Waals surface area contributed by atoms with Gasteiger partial charge >= 0.3 is 5.97 Å². The Labute approximate surface area is 88.2 Å². The minimum atomic E-state index is -0.257. The van der Waals surface area contributed by atoms with Gasteiger partial charge in [-0.2, -0.15) is 0 Å². The largest absolute Gasteiger partial charge is 0.487 e. The van der Waals surface area contributed by atoms with Gasteiger partial charge in [-0.05, 0) is 12.3 Å². The summed E-state index contributed by atoms with van der Waals surface area (Å²) in [7, 11) is 0. The average Bonchev–Trinajstić information content (AvgIpc) is 2.11. The number of hydrogen-bond donors (Lipinski definition) is 0. The SMILES string of the molecule is CC1CC(=O)C2=C(C1)OC(=O)CCCO2. The predicted octanol–water partition coefficient (Wildman–Crippen LogP) is 1.55. The maximum Gasteiger partial charge on any atom is 0.311 e. The lowest BCUT2D eigenvalue weighted by Gasteiger charge is -2.24. The van der Waals surface area contributed by atoms with E-state index in [1.807, 2.05) is 6.92 Å². The van der Waals surface area contributed by atoms with E-state index in [9.17, 15) is 9.59 Å². The number of Topliss-reactive ketones (excluding diaryl/α,β-unsaturated/α-hetero) is 1. The highest BCUT2D eigenvalue weighted by molar-refractivity contribution is 5.95. The molecule has 15 heavy (non-hydrogen) atoms. The summed E-state index contributed by atoms with van der Waals surface area (Å²) in [6, 6.07) is 0. The fraction of sp³-hybridized carbons (Fsp3) is 0.636. The Morgan fingerprint density at radius 3 is 2.87 bits per heavy atom. The van der Waals surface area contributed by atoms with Crippen molar-refractivity contribution in [2.24, 2.45) is 5.92 Å². The molecule has 0 aromatic heterocycles. The lowest BCUT2D eigenvalue weighted by Crippen LogP contribution is -2.24. The van der Waals surface area contributed by atoms with Crippen molar-refractivity contribution in [3.8, 4) is 0 Å². The van der Waals surface area contributed by atoms with Crippen LogP contribution in [0.4, 0.5) is 0 Å². The van der Waals surface area contributed by atoms with Gasteiger partial charge in [-0.1, -0.05) is 6.92 Å². The first-order chi connectivity index (χ1) is 7.16. The second kappa shape index (κ2) is 4.04. The third kappa shape index (κ3) is 2.19. The fourth-order valence-corrected chi connectivity index (χ4v) is 1.87. The van der Waals surface area contributed by atoms with E-state index in [4.69, 9.17) is 9.47 Å². The maximum atomic E-state index is 11.6. The Balaban J connectivity index is 2.27. The van der Waals surface area contributed by atoms with Crippen molar-refractivity contribution in [1.82, 2.24) is 0 Å². The molecule has 4 heteroatoms. The molecule has 0 spiro atoms. The second-order valence-electron chi connectivity index (χ2n) is 4.11. The van der Waals surface area contributed by atoms with Crippen LogP contribution in [-0.2, 0) is 19.1 Å². The van der Waals surface area contributed by atoms with Gasteiger partial charge in [-0.3, -0.25) is 9.59 Å². The van der Waals surface area contributed by atoms with Gasteiger partial charge in [0.05, 0.1) is 6.61 Å². The van der Waals surface area contributed by atoms with Crippen molar-refractivity contribution in [3.63, 3.8) is 0 Å². The number of ketones is 1. The fourth-order valence-electron chi connectivity index (χ4n) is 1.87. The smallest absolute Gasteiger partial charge is 0.311 e. The molecule has 0 N–H and O–H groups in total. The molecule has 1 aliphatic heterocycles. The second-order valence-corrected chi connectivity index (χ2v) is 4.11. The first kappa shape index (κ1) is 10.2. The van der Waals surface area contributed by atoms with Gasteiger partial charge in [0.2, 0.25) is 11.5 Å². The molecular weight excluding hydrogens is 196 g/mol. The van der Waals surface area contributed by atoms with Crippen molar-refractivity contribution in [2.75, 3.05) is 6.61 Å². The number of carbonyl (C=O) groups is 2. The third-order valence-corrected chi connectivity index (χ3v) is 2.58. The van der Waals surface area contributed by atoms with Crippen LogP contribution in [0.1, 0.15) is 32.6 Å². The summed E-state index contributed by atoms with van der Waals surface area (Å²) in [5.41, 5.74) is 0. The van der Waals surface area contributed by atoms with Crippen molar-refractivity contribution in [1.29, 1.82) is 0 Å². The molecule has 2 aliphatic rings. The van der Waals surface area contributed by atoms with Gasteiger partial charge in [0.25, 0.3) is 0 Å². The number of hydrogen-bond acceptors (Lipinski definition) is 4. The molecule has 0 aromatic rings. The van der Waals surface area contributed by atoms with Crippen LogP contribution in [0.2, 0.25) is 0 Å². The van der Waals surface area contributed by atoms with Crippen LogP contribution in [0.25, 0.3) is 0 Å². The van der Waals surface area contributed by atoms with Gasteiger partial charge in [-0.15, -0.1) is 0 Å². The third-order valence-electron chi connectivity index (χ3n) is 2.58. The molecule has 0 fully saturated rings. The molecule has 0 saturated carbocycles. The van der Waals surface area contributed by atoms with E-state index in [2.05, 4.69) is 0 Å². The van der Waals surface area contributed by atoms with E-state index in [0.29, 0.717) is 38.0 Å². The minimum absolute atomic E-state index is 0.0431. The molecule has 1 heterocycles. The van der Waals surface area contributed by atoms with Gasteiger partial charge in [0.15, 0.2) is 5.76 Å². The molecule has 2 rings (SSSR count). The monoisotopic (exact) mass is 210 g/mol. The van der Waals surface area contributed by atoms with Crippen LogP contribution < -0.4 is 0 Å². The molecule has 1 unspecified atom stereocenters. The van der Waals surface area contributed by atoms with Crippen molar-refractivity contribution >= 4 is 11.8 Å². The summed E-state index contributed by atoms with van der Waals surface area (Å²) in [6.45, 7) is 2.39. The van der Waals surface area contributed by atoms with E-state index in [-0.39, 0.29) is 23.4 Å². The highest BCUT2D eigenvalue weighted by Crippen LogP contribution is 2.29. The first-order valence-electron chi connectivity index (χ1n) is 5.26. The van der Waals surface area contributed by atoms with Crippen molar-refractivity contribution < 1.29 is 19.1 Å². The first-order valence-corrected chi connectivity index (χ1v) is 5.26. The zero-order valence-electron chi connectivity index (χ0n) is 8.75. The summed E-state index contributed by atoms with van der Waals surface area (Å²) in [6.07, 6.45) is 2.07. The standard InChI is InChI=1S/C11H14O4/c1-7-5-8(12)11-9(6-7)15-10(13)3-2-4-14-11/h7H,2-6H2,1H3. The van der Waals surface area contributed by atoms with Crippen molar-refractivity contribution in [3.05, 3.63) is 11.5 Å². The number of allylic oxidation sites excluding steroid dienone is 2. The van der Waals surface area contributed by atoms with Crippen LogP contribution in [0.15, 0.2) is 11.5 Å². The highest BCUT2D eigenvalue weighted by atomic mass is 16.6. The van der Waals surface area contributed by atoms with Gasteiger partial charge in [0, 0.05) is 19.3 Å². The Bertz CT molecular complexity index is 329. The molecule has 0 aromatic carbocycles. The van der Waals surface area contributed by atoms with E-state index in [0.717, 1.165) is 0 Å². The predicted molar refractivity (Wildman–Crippen MR) is 51.7 cm³/mol. The molecule has 0 amide bonds. The van der Waals surface area contributed by atoms with E-state index in [1.54, 1.807) is 0 Å². The minimum Gasteiger partial charge on any atom is -0.487 e. The molecule has 82 valence electrons. The van der Waals surface area contributed by atoms with E-state index in [1.165, 1.54) is 0 Å². The normalized spacial score (nSPS) is 27.4. The quantitative estimate of drug-likeness (QED) is 0.569. The molecule has 0 bridgehead atoms. The van der Waals surface area contributed by atoms with Crippen LogP contribution in [0.5, 0.6) is 0 Å². The van der Waals surface area contributed by atoms with Gasteiger partial charge < -0.3 is 9.47 Å². The van der Waals surface area contributed by atoms with Gasteiger partial charge in [0.1, 0.15) is 0 Å². The molecule has 0 radical (unpaired) electrons. The lowest BCUT2D eigenvalue weighted by atomic mass is 9.92. The molecule has 1 atom stereocenters. The van der Waals surface area contributed by atoms with E-state index >= 15 is 0 Å². The van der Waals surface area contributed by atoms with Crippen LogP contribution in [-0.4, -0.2) is 18.4 Å². The Kier molecular flexibility index (Phi) is 2.75. The summed E-state index contributed by atoms with van der Waals surface area (Å²) < 4.78 is 10.5. The van der Waals surface area contributed by atoms with Crippen molar-refractivity contribution in [2.45, 2.75) is 32.6 Å². The van der Waals surface area contributed by atoms with E-state index < -0.39 is 0 Å². The van der Waals surface area contributed by atoms with Gasteiger partial charge in [-0.25, -0.2) is 0 Å². The highest BCUT2D eigenvalue weighted by Gasteiger charge is 2.30. The summed E-state index contributed by atoms with van der Waals surface area (Å²) in [4.78, 5) is 22.9. The molecule has 0 saturated heterocycles. The summed E-state index contributed by atoms with van der Waals surface area (Å²) >= 11 is 0. The van der Waals surface area contributed by atoms with Crippen LogP contribution in [0.3, 0.4) is 0 Å². The topological polar surface area (TPSA) is 52.6 Å². The summed E-state index contributed by atoms with van der Waals surface area (Å²) in [5.74, 6) is 0.642. The Morgan fingerprint density at radius 2 is 2.07 bits per heavy atom.